The van der Waals surface area contributed by atoms with Crippen molar-refractivity contribution in [2.24, 2.45) is 0 Å². The van der Waals surface area contributed by atoms with Gasteiger partial charge in [0.25, 0.3) is 0 Å². The van der Waals surface area contributed by atoms with E-state index in [1.807, 2.05) is 4.68 Å². The van der Waals surface area contributed by atoms with Gasteiger partial charge in [0.1, 0.15) is 0 Å². The smallest absolute Gasteiger partial charge is 0.0857 e. The summed E-state index contributed by atoms with van der Waals surface area (Å²) in [5.41, 5.74) is 1.22. The van der Waals surface area contributed by atoms with Crippen LogP contribution in [-0.2, 0) is 6.54 Å². The van der Waals surface area contributed by atoms with Gasteiger partial charge in [-0.3, -0.25) is 4.68 Å². The molecule has 0 aromatic carbocycles. The first-order valence-corrected chi connectivity index (χ1v) is 7.05. The van der Waals surface area contributed by atoms with E-state index < -0.39 is 0 Å². The van der Waals surface area contributed by atoms with Crippen molar-refractivity contribution in [1.82, 2.24) is 20.3 Å². The second kappa shape index (κ2) is 5.17. The van der Waals surface area contributed by atoms with Crippen LogP contribution in [0.25, 0.3) is 0 Å². The van der Waals surface area contributed by atoms with Crippen molar-refractivity contribution in [3.63, 3.8) is 0 Å². The summed E-state index contributed by atoms with van der Waals surface area (Å²) >= 11 is 0. The lowest BCUT2D eigenvalue weighted by Gasteiger charge is -2.18. The molecule has 1 aliphatic carbocycles. The second-order valence-corrected chi connectivity index (χ2v) is 5.49. The Morgan fingerprint density at radius 1 is 1.18 bits per heavy atom. The van der Waals surface area contributed by atoms with Gasteiger partial charge in [0.05, 0.1) is 12.2 Å². The summed E-state index contributed by atoms with van der Waals surface area (Å²) in [7, 11) is 0. The Balaban J connectivity index is 1.60. The molecule has 0 amide bonds. The van der Waals surface area contributed by atoms with E-state index in [-0.39, 0.29) is 0 Å². The van der Waals surface area contributed by atoms with Crippen LogP contribution in [0.2, 0.25) is 0 Å². The zero-order valence-corrected chi connectivity index (χ0v) is 10.4. The van der Waals surface area contributed by atoms with Gasteiger partial charge in [0.2, 0.25) is 0 Å². The molecule has 0 spiro atoms. The molecule has 2 heterocycles. The maximum atomic E-state index is 4.37. The summed E-state index contributed by atoms with van der Waals surface area (Å²) in [6.07, 6.45) is 11.5. The van der Waals surface area contributed by atoms with E-state index in [1.54, 1.807) is 0 Å². The Morgan fingerprint density at radius 2 is 2.06 bits per heavy atom. The topological polar surface area (TPSA) is 42.7 Å². The largest absolute Gasteiger partial charge is 0.312 e. The highest BCUT2D eigenvalue weighted by atomic mass is 15.4. The number of hydrogen-bond acceptors (Lipinski definition) is 3. The van der Waals surface area contributed by atoms with Crippen molar-refractivity contribution in [3.8, 4) is 0 Å². The van der Waals surface area contributed by atoms with Gasteiger partial charge >= 0.3 is 0 Å². The van der Waals surface area contributed by atoms with E-state index in [0.717, 1.165) is 13.1 Å². The first kappa shape index (κ1) is 11.2. The minimum absolute atomic E-state index is 0.607. The lowest BCUT2D eigenvalue weighted by atomic mass is 9.87. The maximum Gasteiger partial charge on any atom is 0.0857 e. The molecule has 1 N–H and O–H groups in total. The Hall–Kier alpha value is -0.900. The molecule has 0 radical (unpaired) electrons. The molecule has 1 aromatic heterocycles. The molecule has 2 fully saturated rings. The Labute approximate surface area is 103 Å². The number of aromatic nitrogens is 3. The molecule has 4 nitrogen and oxygen atoms in total. The second-order valence-electron chi connectivity index (χ2n) is 5.49. The maximum absolute atomic E-state index is 4.37. The van der Waals surface area contributed by atoms with Crippen LogP contribution in [0.15, 0.2) is 6.20 Å². The highest BCUT2D eigenvalue weighted by Crippen LogP contribution is 2.31. The standard InChI is InChI=1S/C13H22N4/c1-2-5-11(6-3-1)13-10-17(16-15-13)9-12-7-4-8-14-12/h10-12,14H,1-9H2. The lowest BCUT2D eigenvalue weighted by molar-refractivity contribution is 0.436. The predicted molar refractivity (Wildman–Crippen MR) is 66.9 cm³/mol. The van der Waals surface area contributed by atoms with Crippen molar-refractivity contribution >= 4 is 0 Å². The molecule has 0 bridgehead atoms. The number of nitrogens with one attached hydrogen (secondary N) is 1. The zero-order valence-electron chi connectivity index (χ0n) is 10.4. The lowest BCUT2D eigenvalue weighted by Crippen LogP contribution is -2.26. The first-order valence-electron chi connectivity index (χ1n) is 7.05. The third-order valence-electron chi connectivity index (χ3n) is 4.15. The fourth-order valence-electron chi connectivity index (χ4n) is 3.13. The number of rotatable bonds is 3. The Kier molecular flexibility index (Phi) is 3.41. The molecule has 4 heteroatoms. The predicted octanol–water partition coefficient (Wildman–Crippen LogP) is 2.08. The number of nitrogens with zero attached hydrogens (tertiary/aromatic N) is 3. The molecule has 1 saturated heterocycles. The highest BCUT2D eigenvalue weighted by Gasteiger charge is 2.20. The summed E-state index contributed by atoms with van der Waals surface area (Å²) in [5, 5.41) is 12.2. The average Bonchev–Trinajstić information content (AvgIpc) is 3.02. The van der Waals surface area contributed by atoms with Crippen LogP contribution >= 0.6 is 0 Å². The van der Waals surface area contributed by atoms with Gasteiger partial charge in [0.15, 0.2) is 0 Å². The van der Waals surface area contributed by atoms with Gasteiger partial charge in [0, 0.05) is 18.2 Å². The van der Waals surface area contributed by atoms with Gasteiger partial charge < -0.3 is 5.32 Å². The molecule has 1 aromatic rings. The van der Waals surface area contributed by atoms with E-state index in [2.05, 4.69) is 21.8 Å². The monoisotopic (exact) mass is 234 g/mol. The van der Waals surface area contributed by atoms with Gasteiger partial charge in [-0.1, -0.05) is 24.5 Å². The molecular weight excluding hydrogens is 212 g/mol. The molecule has 2 aliphatic rings. The summed E-state index contributed by atoms with van der Waals surface area (Å²) in [4.78, 5) is 0. The SMILES string of the molecule is c1c(C2CCCCC2)nnn1CC1CCCN1. The normalized spacial score (nSPS) is 26.5. The van der Waals surface area contributed by atoms with Crippen LogP contribution in [0.5, 0.6) is 0 Å². The van der Waals surface area contributed by atoms with E-state index >= 15 is 0 Å². The quantitative estimate of drug-likeness (QED) is 0.870. The van der Waals surface area contributed by atoms with Gasteiger partial charge in [-0.05, 0) is 32.2 Å². The molecular formula is C13H22N4. The van der Waals surface area contributed by atoms with Gasteiger partial charge in [-0.2, -0.15) is 0 Å². The van der Waals surface area contributed by atoms with Gasteiger partial charge in [-0.25, -0.2) is 0 Å². The average molecular weight is 234 g/mol. The Morgan fingerprint density at radius 3 is 2.82 bits per heavy atom. The van der Waals surface area contributed by atoms with Gasteiger partial charge in [-0.15, -0.1) is 5.10 Å². The van der Waals surface area contributed by atoms with E-state index in [0.29, 0.717) is 12.0 Å². The van der Waals surface area contributed by atoms with Crippen LogP contribution in [-0.4, -0.2) is 27.6 Å². The molecule has 1 saturated carbocycles. The molecule has 1 unspecified atom stereocenters. The highest BCUT2D eigenvalue weighted by molar-refractivity contribution is 5.03. The van der Waals surface area contributed by atoms with Crippen molar-refractivity contribution in [2.75, 3.05) is 6.54 Å². The van der Waals surface area contributed by atoms with Crippen LogP contribution in [0.4, 0.5) is 0 Å². The fourth-order valence-corrected chi connectivity index (χ4v) is 3.13. The number of hydrogen-bond donors (Lipinski definition) is 1. The van der Waals surface area contributed by atoms with E-state index in [4.69, 9.17) is 0 Å². The third kappa shape index (κ3) is 2.68. The van der Waals surface area contributed by atoms with Crippen LogP contribution in [0, 0.1) is 0 Å². The van der Waals surface area contributed by atoms with Crippen LogP contribution < -0.4 is 5.32 Å². The molecule has 1 atom stereocenters. The third-order valence-corrected chi connectivity index (χ3v) is 4.15. The molecule has 1 aliphatic heterocycles. The minimum Gasteiger partial charge on any atom is -0.312 e. The zero-order chi connectivity index (χ0) is 11.5. The van der Waals surface area contributed by atoms with Crippen molar-refractivity contribution in [3.05, 3.63) is 11.9 Å². The van der Waals surface area contributed by atoms with Crippen molar-refractivity contribution < 1.29 is 0 Å². The summed E-state index contributed by atoms with van der Waals surface area (Å²) in [6.45, 7) is 2.15. The summed E-state index contributed by atoms with van der Waals surface area (Å²) < 4.78 is 2.03. The van der Waals surface area contributed by atoms with E-state index in [1.165, 1.54) is 50.6 Å². The van der Waals surface area contributed by atoms with Crippen molar-refractivity contribution in [1.29, 1.82) is 0 Å². The molecule has 3 rings (SSSR count). The Bertz CT molecular complexity index is 348. The molecule has 94 valence electrons. The van der Waals surface area contributed by atoms with Crippen molar-refractivity contribution in [2.45, 2.75) is 63.5 Å². The van der Waals surface area contributed by atoms with Crippen LogP contribution in [0.3, 0.4) is 0 Å². The van der Waals surface area contributed by atoms with E-state index in [9.17, 15) is 0 Å². The minimum atomic E-state index is 0.607. The molecule has 17 heavy (non-hydrogen) atoms. The summed E-state index contributed by atoms with van der Waals surface area (Å²) in [5.74, 6) is 0.675. The van der Waals surface area contributed by atoms with Crippen LogP contribution in [0.1, 0.15) is 56.6 Å². The first-order chi connectivity index (χ1) is 8.42. The fraction of sp³-hybridized carbons (Fsp3) is 0.846. The summed E-state index contributed by atoms with van der Waals surface area (Å²) in [6, 6.07) is 0.607.